The van der Waals surface area contributed by atoms with Crippen LogP contribution in [0.5, 0.6) is 0 Å². The Kier molecular flexibility index (Phi) is 6.98. The Balaban J connectivity index is 2.65. The Morgan fingerprint density at radius 2 is 1.90 bits per heavy atom. The van der Waals surface area contributed by atoms with Crippen LogP contribution in [0, 0.1) is 5.82 Å². The van der Waals surface area contributed by atoms with Crippen LogP contribution in [0.3, 0.4) is 0 Å². The lowest BCUT2D eigenvalue weighted by Crippen LogP contribution is -2.39. The van der Waals surface area contributed by atoms with E-state index in [-0.39, 0.29) is 12.2 Å². The van der Waals surface area contributed by atoms with Crippen LogP contribution in [0.1, 0.15) is 23.2 Å². The minimum absolute atomic E-state index is 0.293. The number of Topliss-reactive ketones (excluding diaryl/α,β-unsaturated/α-hetero) is 1. The predicted molar refractivity (Wildman–Crippen MR) is 77.9 cm³/mol. The molecular formula is C15H21FN2O3. The fraction of sp³-hybridized carbons (Fsp3) is 0.467. The maximum absolute atomic E-state index is 12.9. The number of hydrogen-bond acceptors (Lipinski definition) is 4. The number of carboxylic acid groups (broad SMARTS) is 1. The highest BCUT2D eigenvalue weighted by atomic mass is 19.1. The molecule has 1 aromatic carbocycles. The SMILES string of the molecule is CN(C)CCCNC(CC(=O)O)C(=O)c1ccc(F)cc1. The molecular weight excluding hydrogens is 275 g/mol. The number of ketones is 1. The highest BCUT2D eigenvalue weighted by molar-refractivity contribution is 6.01. The minimum Gasteiger partial charge on any atom is -0.481 e. The van der Waals surface area contributed by atoms with E-state index in [1.165, 1.54) is 24.3 Å². The Hall–Kier alpha value is -1.79. The summed E-state index contributed by atoms with van der Waals surface area (Å²) in [6.07, 6.45) is 0.512. The van der Waals surface area contributed by atoms with Crippen LogP contribution < -0.4 is 5.32 Å². The third-order valence-electron chi connectivity index (χ3n) is 3.00. The smallest absolute Gasteiger partial charge is 0.305 e. The molecule has 116 valence electrons. The van der Waals surface area contributed by atoms with E-state index in [1.807, 2.05) is 19.0 Å². The molecule has 0 amide bonds. The van der Waals surface area contributed by atoms with Gasteiger partial charge >= 0.3 is 5.97 Å². The van der Waals surface area contributed by atoms with E-state index in [2.05, 4.69) is 5.32 Å². The molecule has 0 aliphatic carbocycles. The maximum Gasteiger partial charge on any atom is 0.305 e. The van der Waals surface area contributed by atoms with Gasteiger partial charge in [0, 0.05) is 5.56 Å². The van der Waals surface area contributed by atoms with Gasteiger partial charge in [-0.1, -0.05) is 0 Å². The van der Waals surface area contributed by atoms with Crippen molar-refractivity contribution in [2.45, 2.75) is 18.9 Å². The molecule has 1 aromatic rings. The van der Waals surface area contributed by atoms with Gasteiger partial charge in [-0.3, -0.25) is 9.59 Å². The molecule has 1 rings (SSSR count). The zero-order valence-corrected chi connectivity index (χ0v) is 12.3. The highest BCUT2D eigenvalue weighted by Gasteiger charge is 2.22. The molecule has 6 heteroatoms. The number of benzene rings is 1. The van der Waals surface area contributed by atoms with Gasteiger partial charge in [0.1, 0.15) is 5.82 Å². The van der Waals surface area contributed by atoms with Crippen LogP contribution in [0.25, 0.3) is 0 Å². The van der Waals surface area contributed by atoms with Crippen molar-refractivity contribution < 1.29 is 19.1 Å². The maximum atomic E-state index is 12.9. The number of carboxylic acids is 1. The fourth-order valence-corrected chi connectivity index (χ4v) is 1.92. The summed E-state index contributed by atoms with van der Waals surface area (Å²) in [4.78, 5) is 25.2. The number of nitrogens with zero attached hydrogens (tertiary/aromatic N) is 1. The Morgan fingerprint density at radius 3 is 2.43 bits per heavy atom. The molecule has 0 aliphatic heterocycles. The van der Waals surface area contributed by atoms with E-state index < -0.39 is 17.8 Å². The summed E-state index contributed by atoms with van der Waals surface area (Å²) in [6.45, 7) is 1.39. The summed E-state index contributed by atoms with van der Waals surface area (Å²) in [5, 5.41) is 11.9. The van der Waals surface area contributed by atoms with E-state index in [1.54, 1.807) is 0 Å². The lowest BCUT2D eigenvalue weighted by Gasteiger charge is -2.17. The van der Waals surface area contributed by atoms with Crippen LogP contribution in [0.4, 0.5) is 4.39 Å². The van der Waals surface area contributed by atoms with Crippen molar-refractivity contribution in [3.05, 3.63) is 35.6 Å². The molecule has 5 nitrogen and oxygen atoms in total. The summed E-state index contributed by atoms with van der Waals surface area (Å²) in [5.74, 6) is -1.81. The van der Waals surface area contributed by atoms with Gasteiger partial charge in [0.15, 0.2) is 5.78 Å². The highest BCUT2D eigenvalue weighted by Crippen LogP contribution is 2.08. The third kappa shape index (κ3) is 6.46. The van der Waals surface area contributed by atoms with Crippen LogP contribution in [-0.4, -0.2) is 55.0 Å². The van der Waals surface area contributed by atoms with Gasteiger partial charge < -0.3 is 15.3 Å². The van der Waals surface area contributed by atoms with Crippen molar-refractivity contribution in [3.8, 4) is 0 Å². The van der Waals surface area contributed by atoms with Crippen LogP contribution in [-0.2, 0) is 4.79 Å². The molecule has 0 heterocycles. The first-order chi connectivity index (χ1) is 9.90. The number of aliphatic carboxylic acids is 1. The number of halogens is 1. The topological polar surface area (TPSA) is 69.6 Å². The second-order valence-corrected chi connectivity index (χ2v) is 5.13. The summed E-state index contributed by atoms with van der Waals surface area (Å²) < 4.78 is 12.9. The van der Waals surface area contributed by atoms with Gasteiger partial charge in [-0.2, -0.15) is 0 Å². The number of hydrogen-bond donors (Lipinski definition) is 2. The first-order valence-electron chi connectivity index (χ1n) is 6.80. The third-order valence-corrected chi connectivity index (χ3v) is 3.00. The summed E-state index contributed by atoms with van der Waals surface area (Å²) in [6, 6.07) is 4.33. The molecule has 2 N–H and O–H groups in total. The molecule has 1 atom stereocenters. The largest absolute Gasteiger partial charge is 0.481 e. The quantitative estimate of drug-likeness (QED) is 0.532. The normalized spacial score (nSPS) is 12.4. The van der Waals surface area contributed by atoms with Crippen molar-refractivity contribution >= 4 is 11.8 Å². The minimum atomic E-state index is -1.05. The number of rotatable bonds is 9. The van der Waals surface area contributed by atoms with Crippen LogP contribution >= 0.6 is 0 Å². The number of nitrogens with one attached hydrogen (secondary N) is 1. The molecule has 0 aromatic heterocycles. The molecule has 21 heavy (non-hydrogen) atoms. The second-order valence-electron chi connectivity index (χ2n) is 5.13. The lowest BCUT2D eigenvalue weighted by atomic mass is 10.0. The number of carbonyl (C=O) groups excluding carboxylic acids is 1. The molecule has 0 saturated carbocycles. The van der Waals surface area contributed by atoms with Gasteiger partial charge in [-0.05, 0) is 57.9 Å². The average Bonchev–Trinajstić information content (AvgIpc) is 2.41. The van der Waals surface area contributed by atoms with E-state index in [0.717, 1.165) is 13.0 Å². The number of carbonyl (C=O) groups is 2. The van der Waals surface area contributed by atoms with Gasteiger partial charge in [0.2, 0.25) is 0 Å². The van der Waals surface area contributed by atoms with E-state index >= 15 is 0 Å². The molecule has 0 fully saturated rings. The van der Waals surface area contributed by atoms with Crippen molar-refractivity contribution in [2.24, 2.45) is 0 Å². The van der Waals surface area contributed by atoms with Crippen LogP contribution in [0.2, 0.25) is 0 Å². The summed E-state index contributed by atoms with van der Waals surface area (Å²) in [5.41, 5.74) is 0.308. The molecule has 0 spiro atoms. The van der Waals surface area contributed by atoms with Crippen molar-refractivity contribution in [2.75, 3.05) is 27.2 Å². The lowest BCUT2D eigenvalue weighted by molar-refractivity contribution is -0.137. The standard InChI is InChI=1S/C15H21FN2O3/c1-18(2)9-3-8-17-13(10-14(19)20)15(21)11-4-6-12(16)7-5-11/h4-7,13,17H,3,8-10H2,1-2H3,(H,19,20). The molecule has 1 unspecified atom stereocenters. The first-order valence-corrected chi connectivity index (χ1v) is 6.80. The van der Waals surface area contributed by atoms with Crippen molar-refractivity contribution in [1.82, 2.24) is 10.2 Å². The molecule has 0 saturated heterocycles. The van der Waals surface area contributed by atoms with E-state index in [9.17, 15) is 14.0 Å². The Bertz CT molecular complexity index is 474. The van der Waals surface area contributed by atoms with Gasteiger partial charge in [0.05, 0.1) is 12.5 Å². The zero-order valence-electron chi connectivity index (χ0n) is 12.3. The first kappa shape index (κ1) is 17.3. The van der Waals surface area contributed by atoms with E-state index in [4.69, 9.17) is 5.11 Å². The Labute approximate surface area is 123 Å². The van der Waals surface area contributed by atoms with Gasteiger partial charge in [-0.25, -0.2) is 4.39 Å². The Morgan fingerprint density at radius 1 is 1.29 bits per heavy atom. The molecule has 0 bridgehead atoms. The van der Waals surface area contributed by atoms with Gasteiger partial charge in [0.25, 0.3) is 0 Å². The van der Waals surface area contributed by atoms with E-state index in [0.29, 0.717) is 12.1 Å². The summed E-state index contributed by atoms with van der Waals surface area (Å²) in [7, 11) is 3.89. The van der Waals surface area contributed by atoms with Crippen molar-refractivity contribution in [3.63, 3.8) is 0 Å². The second kappa shape index (κ2) is 8.49. The predicted octanol–water partition coefficient (Wildman–Crippen LogP) is 1.39. The van der Waals surface area contributed by atoms with Crippen molar-refractivity contribution in [1.29, 1.82) is 0 Å². The molecule has 0 radical (unpaired) electrons. The average molecular weight is 296 g/mol. The van der Waals surface area contributed by atoms with Gasteiger partial charge in [-0.15, -0.1) is 0 Å². The van der Waals surface area contributed by atoms with Crippen LogP contribution in [0.15, 0.2) is 24.3 Å². The zero-order chi connectivity index (χ0) is 15.8. The monoisotopic (exact) mass is 296 g/mol. The molecule has 0 aliphatic rings. The fourth-order valence-electron chi connectivity index (χ4n) is 1.92. The summed E-state index contributed by atoms with van der Waals surface area (Å²) >= 11 is 0.